The normalized spacial score (nSPS) is 18.3. The van der Waals surface area contributed by atoms with Gasteiger partial charge in [-0.1, -0.05) is 0 Å². The number of hydrogen-bond donors (Lipinski definition) is 6. The van der Waals surface area contributed by atoms with E-state index in [0.29, 0.717) is 0 Å². The highest BCUT2D eigenvalue weighted by Gasteiger charge is 2.96. The van der Waals surface area contributed by atoms with Crippen LogP contribution in [0.5, 0.6) is 0 Å². The molecule has 6 N–H and O–H groups in total. The number of β-amino-alcohol motifs (C(OH)–C–C–N with tert-alkyl or cyclic N) is 1. The Kier molecular flexibility index (Phi) is 19.3. The SMILES string of the molecule is O=C(O)CN1CCN(CC(=O)O)CCN(CC(O)CNC(=O)CNCCS(=O)(=O)C(F)(F)C(F)(F)C(F)(F)C(F)(F)C(F)(F)C(F)(F)C(F)(F)C(F)(F)F)CCN(CC(=O)O)CC1. The Bertz CT molecular complexity index is 1660. The molecule has 0 bridgehead atoms. The summed E-state index contributed by atoms with van der Waals surface area (Å²) in [6.07, 6.45) is -9.49. The molecule has 0 spiro atoms. The van der Waals surface area contributed by atoms with Gasteiger partial charge in [-0.15, -0.1) is 0 Å². The number of carboxylic acids is 3. The number of rotatable bonds is 22. The van der Waals surface area contributed by atoms with E-state index in [9.17, 15) is 123 Å². The van der Waals surface area contributed by atoms with Crippen LogP contribution in [0.4, 0.5) is 74.6 Å². The lowest BCUT2D eigenvalue weighted by atomic mass is 9.91. The maximum absolute atomic E-state index is 14.3. The molecule has 1 unspecified atom stereocenters. The minimum atomic E-state index is -8.97. The molecular formula is C29H39F17N6O10S. The number of carboxylic acid groups (broad SMARTS) is 3. The number of carbonyl (C=O) groups is 4. The van der Waals surface area contributed by atoms with Gasteiger partial charge < -0.3 is 31.1 Å². The summed E-state index contributed by atoms with van der Waals surface area (Å²) in [6, 6.07) is 0. The molecule has 1 amide bonds. The lowest BCUT2D eigenvalue weighted by molar-refractivity contribution is -0.458. The summed E-state index contributed by atoms with van der Waals surface area (Å²) in [5, 5.41) is 34.3. The maximum Gasteiger partial charge on any atom is 0.460 e. The molecule has 0 radical (unpaired) electrons. The molecule has 370 valence electrons. The number of halogens is 17. The van der Waals surface area contributed by atoms with Crippen LogP contribution >= 0.6 is 0 Å². The Morgan fingerprint density at radius 3 is 1.17 bits per heavy atom. The lowest BCUT2D eigenvalue weighted by Crippen LogP contribution is -2.75. The van der Waals surface area contributed by atoms with Crippen molar-refractivity contribution in [3.05, 3.63) is 0 Å². The quantitative estimate of drug-likeness (QED) is 0.0657. The highest BCUT2D eigenvalue weighted by molar-refractivity contribution is 7.92. The average Bonchev–Trinajstić information content (AvgIpc) is 3.11. The molecule has 0 aromatic heterocycles. The van der Waals surface area contributed by atoms with E-state index in [-0.39, 0.29) is 58.9 Å². The molecule has 1 aliphatic heterocycles. The Morgan fingerprint density at radius 2 is 0.841 bits per heavy atom. The minimum absolute atomic E-state index is 0.00755. The van der Waals surface area contributed by atoms with E-state index in [1.807, 2.05) is 5.32 Å². The van der Waals surface area contributed by atoms with Crippen molar-refractivity contribution < 1.29 is 123 Å². The third-order valence-corrected chi connectivity index (χ3v) is 10.7. The van der Waals surface area contributed by atoms with Gasteiger partial charge in [-0.25, -0.2) is 8.42 Å². The smallest absolute Gasteiger partial charge is 0.460 e. The maximum atomic E-state index is 14.3. The van der Waals surface area contributed by atoms with Crippen molar-refractivity contribution in [2.75, 3.05) is 104 Å². The first kappa shape index (κ1) is 57.4. The van der Waals surface area contributed by atoms with Gasteiger partial charge in [0.1, 0.15) is 0 Å². The molecule has 63 heavy (non-hydrogen) atoms. The highest BCUT2D eigenvalue weighted by atomic mass is 32.2. The third kappa shape index (κ3) is 13.5. The van der Waals surface area contributed by atoms with Crippen LogP contribution in [0.15, 0.2) is 0 Å². The number of amides is 1. The van der Waals surface area contributed by atoms with E-state index in [1.54, 1.807) is 5.32 Å². The van der Waals surface area contributed by atoms with Gasteiger partial charge in [0.15, 0.2) is 0 Å². The third-order valence-electron chi connectivity index (χ3n) is 8.93. The number of aliphatic carboxylic acids is 3. The van der Waals surface area contributed by atoms with Crippen LogP contribution in [0.25, 0.3) is 0 Å². The number of sulfone groups is 1. The molecule has 0 saturated carbocycles. The standard InChI is InChI=1S/C29H39F17N6O10S/c30-22(31,24(34,35)26(38,39)28(42,43)44)23(32,33)25(36,37)27(40,41)29(45,46)63(61,62)10-1-47-12-18(54)48-11-17(53)13-49-2-4-50(14-19(55)56)6-8-52(16-21(59)60)9-7-51(5-3-49)15-20(57)58/h17,47,53H,1-16H2,(H,48,54)(H,55,56)(H,57,58)(H,59,60). The molecule has 0 aromatic rings. The molecule has 1 rings (SSSR count). The summed E-state index contributed by atoms with van der Waals surface area (Å²) in [7, 11) is -7.37. The zero-order valence-corrected chi connectivity index (χ0v) is 32.6. The van der Waals surface area contributed by atoms with Gasteiger partial charge in [0.2, 0.25) is 15.7 Å². The number of aliphatic hydroxyl groups excluding tert-OH is 1. The van der Waals surface area contributed by atoms with Crippen molar-refractivity contribution in [3.63, 3.8) is 0 Å². The molecule has 0 aliphatic carbocycles. The van der Waals surface area contributed by atoms with Crippen LogP contribution in [-0.4, -0.2) is 229 Å². The predicted octanol–water partition coefficient (Wildman–Crippen LogP) is 0.910. The van der Waals surface area contributed by atoms with E-state index >= 15 is 0 Å². The van der Waals surface area contributed by atoms with Crippen molar-refractivity contribution in [3.8, 4) is 0 Å². The van der Waals surface area contributed by atoms with Gasteiger partial charge in [0, 0.05) is 72.0 Å². The average molecular weight is 987 g/mol. The first-order chi connectivity index (χ1) is 28.2. The monoisotopic (exact) mass is 986 g/mol. The zero-order valence-electron chi connectivity index (χ0n) is 31.8. The second kappa shape index (κ2) is 21.1. The van der Waals surface area contributed by atoms with Crippen molar-refractivity contribution in [2.24, 2.45) is 0 Å². The van der Waals surface area contributed by atoms with Gasteiger partial charge in [-0.2, -0.15) is 74.6 Å². The lowest BCUT2D eigenvalue weighted by Gasteiger charge is -2.42. The fourth-order valence-corrected chi connectivity index (χ4v) is 6.54. The van der Waals surface area contributed by atoms with E-state index < -0.39 is 132 Å². The number of hydrogen-bond acceptors (Lipinski definition) is 12. The Balaban J connectivity index is 3.01. The Hall–Kier alpha value is -3.60. The summed E-state index contributed by atoms with van der Waals surface area (Å²) in [5.41, 5.74) is 0. The molecule has 0 aromatic carbocycles. The molecule has 1 heterocycles. The van der Waals surface area contributed by atoms with Crippen LogP contribution in [0.3, 0.4) is 0 Å². The Labute approximate surface area is 343 Å². The van der Waals surface area contributed by atoms with Crippen LogP contribution in [0.2, 0.25) is 0 Å². The summed E-state index contributed by atoms with van der Waals surface area (Å²) in [5.74, 6) is -59.9. The largest absolute Gasteiger partial charge is 0.480 e. The van der Waals surface area contributed by atoms with Crippen molar-refractivity contribution in [2.45, 2.75) is 53.1 Å². The summed E-state index contributed by atoms with van der Waals surface area (Å²) >= 11 is 0. The second-order valence-corrected chi connectivity index (χ2v) is 15.9. The predicted molar refractivity (Wildman–Crippen MR) is 175 cm³/mol. The van der Waals surface area contributed by atoms with Crippen LogP contribution in [-0.2, 0) is 29.0 Å². The van der Waals surface area contributed by atoms with Gasteiger partial charge in [-0.05, 0) is 0 Å². The molecule has 34 heteroatoms. The van der Waals surface area contributed by atoms with Crippen LogP contribution < -0.4 is 10.6 Å². The molecule has 1 atom stereocenters. The van der Waals surface area contributed by atoms with E-state index in [2.05, 4.69) is 0 Å². The van der Waals surface area contributed by atoms with E-state index in [0.717, 1.165) is 0 Å². The summed E-state index contributed by atoms with van der Waals surface area (Å²) < 4.78 is 254. The molecule has 1 aliphatic rings. The summed E-state index contributed by atoms with van der Waals surface area (Å²) in [6.45, 7) is -5.25. The van der Waals surface area contributed by atoms with Gasteiger partial charge in [0.05, 0.1) is 38.0 Å². The fraction of sp³-hybridized carbons (Fsp3) is 0.862. The van der Waals surface area contributed by atoms with Gasteiger partial charge >= 0.3 is 64.9 Å². The van der Waals surface area contributed by atoms with Crippen molar-refractivity contribution in [1.29, 1.82) is 0 Å². The number of nitrogens with zero attached hydrogens (tertiary/aromatic N) is 4. The first-order valence-corrected chi connectivity index (χ1v) is 19.0. The highest BCUT2D eigenvalue weighted by Crippen LogP contribution is 2.64. The first-order valence-electron chi connectivity index (χ1n) is 17.4. The van der Waals surface area contributed by atoms with Gasteiger partial charge in [-0.3, -0.25) is 38.8 Å². The second-order valence-electron chi connectivity index (χ2n) is 13.7. The topological polar surface area (TPSA) is 220 Å². The Morgan fingerprint density at radius 1 is 0.524 bits per heavy atom. The molecule has 1 fully saturated rings. The van der Waals surface area contributed by atoms with Crippen LogP contribution in [0.1, 0.15) is 0 Å². The summed E-state index contributed by atoms with van der Waals surface area (Å²) in [4.78, 5) is 52.1. The van der Waals surface area contributed by atoms with Crippen molar-refractivity contribution >= 4 is 33.7 Å². The van der Waals surface area contributed by atoms with Crippen LogP contribution in [0, 0.1) is 0 Å². The molecule has 16 nitrogen and oxygen atoms in total. The zero-order chi connectivity index (χ0) is 49.4. The van der Waals surface area contributed by atoms with E-state index in [4.69, 9.17) is 0 Å². The minimum Gasteiger partial charge on any atom is -0.480 e. The number of nitrogens with one attached hydrogen (secondary N) is 2. The van der Waals surface area contributed by atoms with E-state index in [1.165, 1.54) is 19.6 Å². The molecular weight excluding hydrogens is 947 g/mol. The number of aliphatic hydroxyl groups is 1. The fourth-order valence-electron chi connectivity index (χ4n) is 5.35. The number of alkyl halides is 17. The van der Waals surface area contributed by atoms with Gasteiger partial charge in [0.25, 0.3) is 0 Å². The van der Waals surface area contributed by atoms with Crippen molar-refractivity contribution in [1.82, 2.24) is 30.2 Å². The molecule has 1 saturated heterocycles. The number of carbonyl (C=O) groups excluding carboxylic acids is 1.